The highest BCUT2D eigenvalue weighted by atomic mass is 16.6. The van der Waals surface area contributed by atoms with E-state index in [-0.39, 0.29) is 46.6 Å². The molecule has 2 heterocycles. The lowest BCUT2D eigenvalue weighted by Gasteiger charge is -2.28. The molecule has 3 aromatic carbocycles. The lowest BCUT2D eigenvalue weighted by atomic mass is 9.85. The van der Waals surface area contributed by atoms with Crippen molar-refractivity contribution in [2.45, 2.75) is 130 Å². The molecule has 10 nitrogen and oxygen atoms in total. The number of allylic oxidation sites excluding steroid dienone is 2. The van der Waals surface area contributed by atoms with Crippen LogP contribution in [0.3, 0.4) is 0 Å². The van der Waals surface area contributed by atoms with Crippen molar-refractivity contribution in [3.05, 3.63) is 101 Å². The zero-order chi connectivity index (χ0) is 43.5. The number of carbonyl (C=O) groups is 4. The van der Waals surface area contributed by atoms with Gasteiger partial charge in [0.05, 0.1) is 5.92 Å². The van der Waals surface area contributed by atoms with Gasteiger partial charge in [0.25, 0.3) is 0 Å². The molecule has 2 aliphatic heterocycles. The van der Waals surface area contributed by atoms with E-state index in [0.29, 0.717) is 30.8 Å². The summed E-state index contributed by atoms with van der Waals surface area (Å²) in [6.45, 7) is 15.6. The Balaban J connectivity index is 1.02. The van der Waals surface area contributed by atoms with Crippen LogP contribution in [0.25, 0.3) is 11.6 Å². The summed E-state index contributed by atoms with van der Waals surface area (Å²) in [7, 11) is 0. The first-order chi connectivity index (χ1) is 28.8. The third kappa shape index (κ3) is 9.74. The van der Waals surface area contributed by atoms with Gasteiger partial charge in [0.2, 0.25) is 11.8 Å². The zero-order valence-corrected chi connectivity index (χ0v) is 37.0. The normalized spacial score (nSPS) is 21.5. The number of hydrogen-bond donors (Lipinski definition) is 2. The Hall–Kier alpha value is -5.38. The minimum Gasteiger partial charge on any atom is -0.481 e. The number of hydrogen-bond acceptors (Lipinski definition) is 7. The molecule has 3 aromatic rings. The van der Waals surface area contributed by atoms with E-state index in [4.69, 9.17) is 14.2 Å². The van der Waals surface area contributed by atoms with E-state index in [9.17, 15) is 19.2 Å². The lowest BCUT2D eigenvalue weighted by molar-refractivity contribution is -0.160. The van der Waals surface area contributed by atoms with Gasteiger partial charge in [-0.15, -0.1) is 0 Å². The number of fused-ring (bicyclic) bond motifs is 4. The van der Waals surface area contributed by atoms with Gasteiger partial charge in [0.15, 0.2) is 0 Å². The van der Waals surface area contributed by atoms with Gasteiger partial charge < -0.3 is 24.8 Å². The first-order valence-electron chi connectivity index (χ1n) is 22.0. The smallest absolute Gasteiger partial charge is 0.410 e. The largest absolute Gasteiger partial charge is 0.481 e. The minimum atomic E-state index is -0.665. The standard InChI is InChI=1S/C51H61N3O7/c1-31(27-50(18-19-50)28-32(2)46(57)60-48(3,4)5)44(55)52-38-15-14-34-22-37-24-36(23-35(34)25-38)40-17-16-39(26-42(40)59-43(37)33-12-10-9-11-13-33)53-45(56)41-29-51(20-21-51)30-54(41)47(58)61-49(6,7)8/h9-17,23-26,31-32,41,43H,18-22,27-30H2,1-8H3,(H,52,55)(H,53,56)/t31-,32?,41-,43?/m0/s1. The van der Waals surface area contributed by atoms with Crippen LogP contribution in [-0.2, 0) is 30.3 Å². The molecule has 2 bridgehead atoms. The Labute approximate surface area is 360 Å². The molecule has 61 heavy (non-hydrogen) atoms. The Morgan fingerprint density at radius 1 is 0.803 bits per heavy atom. The molecule has 4 atom stereocenters. The van der Waals surface area contributed by atoms with Crippen molar-refractivity contribution in [2.24, 2.45) is 22.7 Å². The summed E-state index contributed by atoms with van der Waals surface area (Å²) in [5.41, 5.74) is 6.18. The molecule has 8 rings (SSSR count). The van der Waals surface area contributed by atoms with Crippen molar-refractivity contribution < 1.29 is 33.4 Å². The average Bonchev–Trinajstić information content (AvgIpc) is 4.10. The van der Waals surface area contributed by atoms with Crippen LogP contribution in [0.5, 0.6) is 5.75 Å². The molecule has 1 spiro atoms. The summed E-state index contributed by atoms with van der Waals surface area (Å²) in [4.78, 5) is 55.3. The summed E-state index contributed by atoms with van der Waals surface area (Å²) in [6.07, 6.45) is 10.2. The second-order valence-corrected chi connectivity index (χ2v) is 20.6. The number of carbonyl (C=O) groups excluding carboxylic acids is 4. The summed E-state index contributed by atoms with van der Waals surface area (Å²) < 4.78 is 18.3. The van der Waals surface area contributed by atoms with Gasteiger partial charge in [-0.25, -0.2) is 4.79 Å². The number of ether oxygens (including phenoxy) is 3. The Kier molecular flexibility index (Phi) is 11.0. The monoisotopic (exact) mass is 827 g/mol. The summed E-state index contributed by atoms with van der Waals surface area (Å²) in [5.74, 6) is -0.273. The number of benzene rings is 3. The van der Waals surface area contributed by atoms with Crippen molar-refractivity contribution in [3.63, 3.8) is 0 Å². The molecule has 322 valence electrons. The maximum absolute atomic E-state index is 14.0. The number of esters is 1. The fraction of sp³-hybridized carbons (Fsp3) is 0.490. The minimum absolute atomic E-state index is 0.00580. The third-order valence-corrected chi connectivity index (χ3v) is 12.8. The summed E-state index contributed by atoms with van der Waals surface area (Å²) >= 11 is 0. The van der Waals surface area contributed by atoms with Gasteiger partial charge in [-0.3, -0.25) is 19.3 Å². The average molecular weight is 828 g/mol. The molecule has 3 aliphatic carbocycles. The van der Waals surface area contributed by atoms with Crippen LogP contribution in [0.2, 0.25) is 0 Å². The van der Waals surface area contributed by atoms with Crippen molar-refractivity contribution in [3.8, 4) is 5.75 Å². The molecule has 10 heteroatoms. The molecule has 2 N–H and O–H groups in total. The number of likely N-dealkylation sites (tertiary alicyclic amines) is 1. The number of anilines is 2. The van der Waals surface area contributed by atoms with Crippen molar-refractivity contribution in [2.75, 3.05) is 17.2 Å². The zero-order valence-electron chi connectivity index (χ0n) is 37.0. The van der Waals surface area contributed by atoms with Crippen LogP contribution in [0.4, 0.5) is 16.2 Å². The second-order valence-electron chi connectivity index (χ2n) is 20.6. The van der Waals surface area contributed by atoms with Gasteiger partial charge in [0, 0.05) is 35.5 Å². The number of amides is 3. The quantitative estimate of drug-likeness (QED) is 0.195. The molecular weight excluding hydrogens is 767 g/mol. The maximum atomic E-state index is 14.0. The van der Waals surface area contributed by atoms with E-state index in [1.165, 1.54) is 0 Å². The molecule has 0 aromatic heterocycles. The van der Waals surface area contributed by atoms with Crippen LogP contribution in [-0.4, -0.2) is 52.6 Å². The van der Waals surface area contributed by atoms with Crippen LogP contribution in [0.15, 0.2) is 78.4 Å². The summed E-state index contributed by atoms with van der Waals surface area (Å²) in [5, 5.41) is 6.32. The fourth-order valence-electron chi connectivity index (χ4n) is 9.40. The van der Waals surface area contributed by atoms with Crippen LogP contribution in [0, 0.1) is 22.7 Å². The van der Waals surface area contributed by atoms with Crippen molar-refractivity contribution in [1.29, 1.82) is 0 Å². The van der Waals surface area contributed by atoms with Crippen molar-refractivity contribution >= 4 is 46.9 Å². The van der Waals surface area contributed by atoms with E-state index in [0.717, 1.165) is 77.6 Å². The number of nitrogens with zero attached hydrogens (tertiary/aromatic N) is 1. The van der Waals surface area contributed by atoms with Crippen molar-refractivity contribution in [1.82, 2.24) is 4.90 Å². The fourth-order valence-corrected chi connectivity index (χ4v) is 9.40. The molecule has 1 saturated heterocycles. The van der Waals surface area contributed by atoms with E-state index < -0.39 is 23.3 Å². The van der Waals surface area contributed by atoms with E-state index in [1.54, 1.807) is 4.90 Å². The highest BCUT2D eigenvalue weighted by Gasteiger charge is 2.56. The van der Waals surface area contributed by atoms with E-state index >= 15 is 0 Å². The molecule has 5 aliphatic rings. The van der Waals surface area contributed by atoms with Gasteiger partial charge in [-0.05, 0) is 162 Å². The Morgan fingerprint density at radius 2 is 1.48 bits per heavy atom. The SMILES string of the molecule is CC(CC1(C[C@H](C)C(=O)Nc2ccc3c(c2)C=C2C=C(C3)C(c3ccccc3)Oc3cc(NC(=O)[C@@H]4CC5(CC5)CN4C(=O)OC(C)(C)C)ccc32)CC1)C(=O)OC(C)(C)C. The van der Waals surface area contributed by atoms with Gasteiger partial charge in [-0.2, -0.15) is 0 Å². The second kappa shape index (κ2) is 15.8. The maximum Gasteiger partial charge on any atom is 0.410 e. The van der Waals surface area contributed by atoms with Crippen LogP contribution < -0.4 is 15.4 Å². The predicted octanol–water partition coefficient (Wildman–Crippen LogP) is 10.7. The number of nitrogens with one attached hydrogen (secondary N) is 2. The number of rotatable bonds is 10. The van der Waals surface area contributed by atoms with Gasteiger partial charge >= 0.3 is 12.1 Å². The van der Waals surface area contributed by atoms with Crippen LogP contribution >= 0.6 is 0 Å². The molecule has 3 fully saturated rings. The molecule has 2 unspecified atom stereocenters. The highest BCUT2D eigenvalue weighted by Crippen LogP contribution is 2.56. The molecular formula is C51H61N3O7. The topological polar surface area (TPSA) is 123 Å². The molecule has 2 saturated carbocycles. The first kappa shape index (κ1) is 42.3. The van der Waals surface area contributed by atoms with Crippen LogP contribution in [0.1, 0.15) is 129 Å². The predicted molar refractivity (Wildman–Crippen MR) is 238 cm³/mol. The first-order valence-corrected chi connectivity index (χ1v) is 22.0. The van der Waals surface area contributed by atoms with Gasteiger partial charge in [0.1, 0.15) is 29.1 Å². The highest BCUT2D eigenvalue weighted by molar-refractivity contribution is 5.99. The molecule has 3 amide bonds. The summed E-state index contributed by atoms with van der Waals surface area (Å²) in [6, 6.07) is 21.4. The Morgan fingerprint density at radius 3 is 2.15 bits per heavy atom. The lowest BCUT2D eigenvalue weighted by Crippen LogP contribution is -2.45. The third-order valence-electron chi connectivity index (χ3n) is 12.8. The Bertz CT molecular complexity index is 2290. The van der Waals surface area contributed by atoms with Gasteiger partial charge in [-0.1, -0.05) is 56.3 Å². The van der Waals surface area contributed by atoms with E-state index in [2.05, 4.69) is 41.0 Å². The molecule has 0 radical (unpaired) electrons. The van der Waals surface area contributed by atoms with E-state index in [1.807, 2.05) is 104 Å².